The average molecular weight is 378 g/mol. The zero-order valence-electron chi connectivity index (χ0n) is 15.7. The van der Waals surface area contributed by atoms with E-state index in [2.05, 4.69) is 26.4 Å². The van der Waals surface area contributed by atoms with Gasteiger partial charge in [0.05, 0.1) is 24.0 Å². The fourth-order valence-corrected chi connectivity index (χ4v) is 3.81. The van der Waals surface area contributed by atoms with E-state index in [0.717, 1.165) is 35.0 Å². The van der Waals surface area contributed by atoms with Crippen molar-refractivity contribution in [1.82, 2.24) is 19.7 Å². The Morgan fingerprint density at radius 3 is 2.86 bits per heavy atom. The largest absolute Gasteiger partial charge is 0.391 e. The van der Waals surface area contributed by atoms with Crippen molar-refractivity contribution in [1.29, 1.82) is 0 Å². The van der Waals surface area contributed by atoms with E-state index in [-0.39, 0.29) is 17.7 Å². The van der Waals surface area contributed by atoms with Crippen LogP contribution in [0.3, 0.4) is 0 Å². The number of rotatable bonds is 4. The number of fused-ring (bicyclic) bond motifs is 1. The Labute approximate surface area is 162 Å². The molecule has 1 atom stereocenters. The van der Waals surface area contributed by atoms with Crippen LogP contribution >= 0.6 is 0 Å². The lowest BCUT2D eigenvalue weighted by Crippen LogP contribution is -2.24. The second kappa shape index (κ2) is 6.56. The highest BCUT2D eigenvalue weighted by atomic mass is 16.3. The SMILES string of the molecule is Cn1cc2cc(NC(=O)c3cncc(N4CCC(O)C4)n3)c(C3CC3)cc2n1. The fourth-order valence-electron chi connectivity index (χ4n) is 3.81. The second-order valence-corrected chi connectivity index (χ2v) is 7.68. The van der Waals surface area contributed by atoms with E-state index in [1.165, 1.54) is 6.20 Å². The number of hydrogen-bond donors (Lipinski definition) is 2. The van der Waals surface area contributed by atoms with Crippen molar-refractivity contribution in [3.8, 4) is 0 Å². The van der Waals surface area contributed by atoms with E-state index in [1.807, 2.05) is 24.2 Å². The third-order valence-corrected chi connectivity index (χ3v) is 5.40. The summed E-state index contributed by atoms with van der Waals surface area (Å²) in [4.78, 5) is 23.5. The van der Waals surface area contributed by atoms with Gasteiger partial charge in [-0.05, 0) is 42.9 Å². The highest BCUT2D eigenvalue weighted by Crippen LogP contribution is 2.44. The van der Waals surface area contributed by atoms with Crippen LogP contribution in [0, 0.1) is 0 Å². The highest BCUT2D eigenvalue weighted by Gasteiger charge is 2.28. The second-order valence-electron chi connectivity index (χ2n) is 7.68. The average Bonchev–Trinajstić information content (AvgIpc) is 3.33. The van der Waals surface area contributed by atoms with Crippen LogP contribution in [0.15, 0.2) is 30.7 Å². The van der Waals surface area contributed by atoms with Crippen molar-refractivity contribution >= 4 is 28.3 Å². The van der Waals surface area contributed by atoms with Gasteiger partial charge >= 0.3 is 0 Å². The van der Waals surface area contributed by atoms with Crippen molar-refractivity contribution < 1.29 is 9.90 Å². The lowest BCUT2D eigenvalue weighted by Gasteiger charge is -2.16. The molecule has 8 nitrogen and oxygen atoms in total. The summed E-state index contributed by atoms with van der Waals surface area (Å²) >= 11 is 0. The third kappa shape index (κ3) is 3.20. The Morgan fingerprint density at radius 1 is 1.25 bits per heavy atom. The van der Waals surface area contributed by atoms with Crippen LogP contribution in [0.2, 0.25) is 0 Å². The summed E-state index contributed by atoms with van der Waals surface area (Å²) in [5.74, 6) is 0.818. The number of benzene rings is 1. The number of aromatic nitrogens is 4. The van der Waals surface area contributed by atoms with Crippen LogP contribution in [0.1, 0.15) is 41.2 Å². The molecule has 1 aliphatic carbocycles. The summed E-state index contributed by atoms with van der Waals surface area (Å²) in [6.07, 6.45) is 7.67. The summed E-state index contributed by atoms with van der Waals surface area (Å²) in [5.41, 5.74) is 3.16. The number of aryl methyl sites for hydroxylation is 1. The summed E-state index contributed by atoms with van der Waals surface area (Å²) in [5, 5.41) is 18.2. The maximum Gasteiger partial charge on any atom is 0.275 e. The van der Waals surface area contributed by atoms with Crippen molar-refractivity contribution in [2.24, 2.45) is 7.05 Å². The first-order chi connectivity index (χ1) is 13.6. The number of anilines is 2. The standard InChI is InChI=1S/C20H22N6O2/c1-25-10-13-6-17(15(12-2-3-12)7-16(13)24-25)23-20(28)18-8-21-9-19(22-18)26-5-4-14(27)11-26/h6-10,12,14,27H,2-5,11H2,1H3,(H,23,28). The van der Waals surface area contributed by atoms with Crippen molar-refractivity contribution in [2.45, 2.75) is 31.3 Å². The third-order valence-electron chi connectivity index (χ3n) is 5.40. The maximum absolute atomic E-state index is 12.9. The minimum Gasteiger partial charge on any atom is -0.391 e. The highest BCUT2D eigenvalue weighted by molar-refractivity contribution is 6.04. The fraction of sp³-hybridized carbons (Fsp3) is 0.400. The topological polar surface area (TPSA) is 96.2 Å². The number of amides is 1. The van der Waals surface area contributed by atoms with Crippen molar-refractivity contribution in [3.05, 3.63) is 42.0 Å². The molecule has 3 heterocycles. The number of aliphatic hydroxyl groups excluding tert-OH is 1. The Balaban J connectivity index is 1.43. The zero-order valence-corrected chi connectivity index (χ0v) is 15.7. The molecule has 28 heavy (non-hydrogen) atoms. The summed E-state index contributed by atoms with van der Waals surface area (Å²) in [7, 11) is 1.89. The number of hydrogen-bond acceptors (Lipinski definition) is 6. The molecule has 0 radical (unpaired) electrons. The number of β-amino-alcohol motifs (C(OH)–C–C–N with tert-alkyl or cyclic N) is 1. The zero-order chi connectivity index (χ0) is 19.3. The quantitative estimate of drug-likeness (QED) is 0.721. The molecule has 1 saturated carbocycles. The lowest BCUT2D eigenvalue weighted by molar-refractivity contribution is 0.102. The number of carbonyl (C=O) groups excluding carboxylic acids is 1. The van der Waals surface area contributed by atoms with Gasteiger partial charge in [0.25, 0.3) is 5.91 Å². The van der Waals surface area contributed by atoms with Crippen LogP contribution in [-0.4, -0.2) is 50.0 Å². The molecule has 2 N–H and O–H groups in total. The first kappa shape index (κ1) is 17.1. The van der Waals surface area contributed by atoms with E-state index in [4.69, 9.17) is 0 Å². The molecular formula is C20H22N6O2. The molecule has 144 valence electrons. The molecule has 1 aliphatic heterocycles. The predicted octanol–water partition coefficient (Wildman–Crippen LogP) is 2.06. The first-order valence-corrected chi connectivity index (χ1v) is 9.60. The van der Waals surface area contributed by atoms with Gasteiger partial charge in [0.1, 0.15) is 11.5 Å². The molecule has 0 bridgehead atoms. The molecule has 1 amide bonds. The van der Waals surface area contributed by atoms with Crippen LogP contribution < -0.4 is 10.2 Å². The molecule has 1 unspecified atom stereocenters. The molecule has 1 aromatic carbocycles. The van der Waals surface area contributed by atoms with Gasteiger partial charge in [-0.15, -0.1) is 0 Å². The van der Waals surface area contributed by atoms with E-state index in [0.29, 0.717) is 31.2 Å². The Hall–Kier alpha value is -3.00. The molecule has 2 aromatic heterocycles. The van der Waals surface area contributed by atoms with Crippen LogP contribution in [0.5, 0.6) is 0 Å². The minimum absolute atomic E-state index is 0.270. The van der Waals surface area contributed by atoms with Crippen molar-refractivity contribution in [2.75, 3.05) is 23.3 Å². The van der Waals surface area contributed by atoms with Gasteiger partial charge in [-0.25, -0.2) is 4.98 Å². The maximum atomic E-state index is 12.9. The number of nitrogens with one attached hydrogen (secondary N) is 1. The Bertz CT molecular complexity index is 1060. The van der Waals surface area contributed by atoms with Gasteiger partial charge < -0.3 is 15.3 Å². The van der Waals surface area contributed by atoms with E-state index in [1.54, 1.807) is 10.9 Å². The van der Waals surface area contributed by atoms with Crippen LogP contribution in [0.25, 0.3) is 10.9 Å². The molecule has 8 heteroatoms. The molecule has 1 saturated heterocycles. The first-order valence-electron chi connectivity index (χ1n) is 9.60. The van der Waals surface area contributed by atoms with Crippen LogP contribution in [0.4, 0.5) is 11.5 Å². The monoisotopic (exact) mass is 378 g/mol. The Morgan fingerprint density at radius 2 is 2.11 bits per heavy atom. The molecule has 3 aromatic rings. The summed E-state index contributed by atoms with van der Waals surface area (Å²) < 4.78 is 1.78. The van der Waals surface area contributed by atoms with Gasteiger partial charge in [-0.3, -0.25) is 14.5 Å². The Kier molecular flexibility index (Phi) is 4.01. The normalized spacial score (nSPS) is 19.4. The molecule has 2 fully saturated rings. The molecule has 5 rings (SSSR count). The van der Waals surface area contributed by atoms with Gasteiger partial charge in [-0.2, -0.15) is 5.10 Å². The lowest BCUT2D eigenvalue weighted by atomic mass is 10.1. The minimum atomic E-state index is -0.355. The predicted molar refractivity (Wildman–Crippen MR) is 106 cm³/mol. The summed E-state index contributed by atoms with van der Waals surface area (Å²) in [6.45, 7) is 1.23. The van der Waals surface area contributed by atoms with E-state index >= 15 is 0 Å². The van der Waals surface area contributed by atoms with Crippen molar-refractivity contribution in [3.63, 3.8) is 0 Å². The van der Waals surface area contributed by atoms with Gasteiger partial charge in [0, 0.05) is 37.4 Å². The smallest absolute Gasteiger partial charge is 0.275 e. The molecule has 0 spiro atoms. The van der Waals surface area contributed by atoms with Gasteiger partial charge in [0.15, 0.2) is 0 Å². The molecular weight excluding hydrogens is 356 g/mol. The van der Waals surface area contributed by atoms with E-state index in [9.17, 15) is 9.90 Å². The van der Waals surface area contributed by atoms with E-state index < -0.39 is 0 Å². The molecule has 2 aliphatic rings. The number of nitrogens with zero attached hydrogens (tertiary/aromatic N) is 5. The van der Waals surface area contributed by atoms with Gasteiger partial charge in [0.2, 0.25) is 0 Å². The van der Waals surface area contributed by atoms with Crippen LogP contribution in [-0.2, 0) is 7.05 Å². The summed E-state index contributed by atoms with van der Waals surface area (Å²) in [6, 6.07) is 4.07. The number of carbonyl (C=O) groups is 1. The van der Waals surface area contributed by atoms with Gasteiger partial charge in [-0.1, -0.05) is 0 Å². The number of aliphatic hydroxyl groups is 1.